The first-order chi connectivity index (χ1) is 10.3. The Labute approximate surface area is 136 Å². The number of nitro groups is 1. The zero-order valence-electron chi connectivity index (χ0n) is 10.9. The zero-order valence-corrected chi connectivity index (χ0v) is 13.3. The molecule has 0 saturated carbocycles. The lowest BCUT2D eigenvalue weighted by molar-refractivity contribution is -0.388. The molecule has 0 aliphatic rings. The van der Waals surface area contributed by atoms with Crippen LogP contribution in [0, 0.1) is 10.1 Å². The van der Waals surface area contributed by atoms with Gasteiger partial charge in [-0.25, -0.2) is 0 Å². The predicted molar refractivity (Wildman–Crippen MR) is 81.3 cm³/mol. The van der Waals surface area contributed by atoms with Gasteiger partial charge in [0.15, 0.2) is 0 Å². The molecule has 0 aliphatic carbocycles. The molecule has 116 valence electrons. The molecule has 0 bridgehead atoms. The summed E-state index contributed by atoms with van der Waals surface area (Å²) < 4.78 is 38.0. The number of benzene rings is 2. The van der Waals surface area contributed by atoms with Crippen LogP contribution in [0.25, 0.3) is 0 Å². The zero-order chi connectivity index (χ0) is 16.3. The average molecular weight is 392 g/mol. The normalized spacial score (nSPS) is 11.5. The molecule has 8 heteroatoms. The Morgan fingerprint density at radius 1 is 1.14 bits per heavy atom. The molecule has 0 amide bonds. The van der Waals surface area contributed by atoms with Gasteiger partial charge in [-0.15, -0.1) is 0 Å². The molecular formula is C14H9BrF3NO2S. The van der Waals surface area contributed by atoms with Gasteiger partial charge in [0.1, 0.15) is 0 Å². The lowest BCUT2D eigenvalue weighted by Crippen LogP contribution is -2.05. The van der Waals surface area contributed by atoms with Crippen LogP contribution in [0.5, 0.6) is 0 Å². The quantitative estimate of drug-likeness (QED) is 0.383. The second-order valence-electron chi connectivity index (χ2n) is 4.28. The van der Waals surface area contributed by atoms with Crippen molar-refractivity contribution in [2.24, 2.45) is 0 Å². The Kier molecular flexibility index (Phi) is 5.12. The maximum atomic E-state index is 12.7. The highest BCUT2D eigenvalue weighted by molar-refractivity contribution is 9.08. The Hall–Kier alpha value is -1.54. The van der Waals surface area contributed by atoms with Crippen molar-refractivity contribution in [2.75, 3.05) is 0 Å². The van der Waals surface area contributed by atoms with Gasteiger partial charge in [-0.3, -0.25) is 10.1 Å². The van der Waals surface area contributed by atoms with E-state index in [1.165, 1.54) is 0 Å². The minimum absolute atomic E-state index is 0.173. The minimum atomic E-state index is -4.61. The van der Waals surface area contributed by atoms with Crippen LogP contribution in [-0.2, 0) is 11.5 Å². The molecule has 0 heterocycles. The van der Waals surface area contributed by atoms with Gasteiger partial charge >= 0.3 is 6.18 Å². The molecule has 0 aliphatic heterocycles. The Morgan fingerprint density at radius 2 is 1.82 bits per heavy atom. The summed E-state index contributed by atoms with van der Waals surface area (Å²) in [5.41, 5.74) is -0.678. The fourth-order valence-corrected chi connectivity index (χ4v) is 3.46. The van der Waals surface area contributed by atoms with Crippen LogP contribution < -0.4 is 0 Å². The first-order valence-electron chi connectivity index (χ1n) is 6.00. The Balaban J connectivity index is 2.45. The van der Waals surface area contributed by atoms with Gasteiger partial charge in [0.25, 0.3) is 5.69 Å². The van der Waals surface area contributed by atoms with Crippen LogP contribution >= 0.6 is 27.7 Å². The summed E-state index contributed by atoms with van der Waals surface area (Å²) in [4.78, 5) is 11.2. The van der Waals surface area contributed by atoms with Crippen LogP contribution in [0.1, 0.15) is 11.1 Å². The Morgan fingerprint density at radius 3 is 2.41 bits per heavy atom. The van der Waals surface area contributed by atoms with E-state index < -0.39 is 22.4 Å². The molecule has 0 unspecified atom stereocenters. The highest BCUT2D eigenvalue weighted by Gasteiger charge is 2.33. The summed E-state index contributed by atoms with van der Waals surface area (Å²) in [6.45, 7) is 0. The van der Waals surface area contributed by atoms with Crippen molar-refractivity contribution in [3.63, 3.8) is 0 Å². The van der Waals surface area contributed by atoms with E-state index in [0.717, 1.165) is 34.4 Å². The lowest BCUT2D eigenvalue weighted by atomic mass is 10.2. The third-order valence-electron chi connectivity index (χ3n) is 2.82. The van der Waals surface area contributed by atoms with Crippen LogP contribution in [0.15, 0.2) is 52.3 Å². The predicted octanol–water partition coefficient (Wildman–Crippen LogP) is 5.66. The smallest absolute Gasteiger partial charge is 0.258 e. The molecule has 0 fully saturated rings. The molecule has 0 aromatic heterocycles. The average Bonchev–Trinajstić information content (AvgIpc) is 2.46. The van der Waals surface area contributed by atoms with E-state index in [9.17, 15) is 23.3 Å². The number of halogens is 4. The van der Waals surface area contributed by atoms with Crippen LogP contribution in [0.4, 0.5) is 18.9 Å². The van der Waals surface area contributed by atoms with E-state index in [1.54, 1.807) is 12.1 Å². The van der Waals surface area contributed by atoms with Gasteiger partial charge in [-0.05, 0) is 23.8 Å². The molecule has 3 nitrogen and oxygen atoms in total. The van der Waals surface area contributed by atoms with E-state index in [-0.39, 0.29) is 4.90 Å². The molecule has 0 spiro atoms. The lowest BCUT2D eigenvalue weighted by Gasteiger charge is -2.10. The number of hydrogen-bond donors (Lipinski definition) is 0. The molecule has 2 aromatic carbocycles. The highest BCUT2D eigenvalue weighted by atomic mass is 79.9. The van der Waals surface area contributed by atoms with Gasteiger partial charge in [0.2, 0.25) is 0 Å². The molecule has 0 radical (unpaired) electrons. The van der Waals surface area contributed by atoms with Crippen LogP contribution in [0.3, 0.4) is 0 Å². The van der Waals surface area contributed by atoms with Crippen LogP contribution in [0.2, 0.25) is 0 Å². The standard InChI is InChI=1S/C14H9BrF3NO2S/c15-8-9-3-1-2-4-12(9)22-13-6-5-10(14(16,17)18)7-11(13)19(20)21/h1-7H,8H2. The van der Waals surface area contributed by atoms with Crippen molar-refractivity contribution in [3.05, 3.63) is 63.7 Å². The van der Waals surface area contributed by atoms with Gasteiger partial charge in [-0.2, -0.15) is 13.2 Å². The molecule has 2 aromatic rings. The summed E-state index contributed by atoms with van der Waals surface area (Å²) in [7, 11) is 0. The van der Waals surface area contributed by atoms with Crippen molar-refractivity contribution in [2.45, 2.75) is 21.3 Å². The number of rotatable bonds is 4. The summed E-state index contributed by atoms with van der Waals surface area (Å²) >= 11 is 4.38. The SMILES string of the molecule is O=[N+]([O-])c1cc(C(F)(F)F)ccc1Sc1ccccc1CBr. The number of alkyl halides is 4. The van der Waals surface area contributed by atoms with Crippen molar-refractivity contribution in [1.29, 1.82) is 0 Å². The van der Waals surface area contributed by atoms with Gasteiger partial charge in [-0.1, -0.05) is 45.9 Å². The second kappa shape index (κ2) is 6.70. The summed E-state index contributed by atoms with van der Waals surface area (Å²) in [5.74, 6) is 0. The molecular weight excluding hydrogens is 383 g/mol. The third kappa shape index (κ3) is 3.80. The molecule has 0 saturated heterocycles. The van der Waals surface area contributed by atoms with E-state index in [4.69, 9.17) is 0 Å². The molecule has 2 rings (SSSR count). The molecule has 0 N–H and O–H groups in total. The third-order valence-corrected chi connectivity index (χ3v) is 4.61. The second-order valence-corrected chi connectivity index (χ2v) is 5.93. The van der Waals surface area contributed by atoms with Gasteiger partial charge in [0, 0.05) is 16.3 Å². The van der Waals surface area contributed by atoms with Crippen molar-refractivity contribution < 1.29 is 18.1 Å². The maximum Gasteiger partial charge on any atom is 0.416 e. The first-order valence-corrected chi connectivity index (χ1v) is 7.94. The van der Waals surface area contributed by atoms with E-state index in [1.807, 2.05) is 12.1 Å². The fraction of sp³-hybridized carbons (Fsp3) is 0.143. The van der Waals surface area contributed by atoms with Crippen molar-refractivity contribution in [1.82, 2.24) is 0 Å². The maximum absolute atomic E-state index is 12.7. The number of hydrogen-bond acceptors (Lipinski definition) is 3. The summed E-state index contributed by atoms with van der Waals surface area (Å²) in [6, 6.07) is 9.75. The monoisotopic (exact) mass is 391 g/mol. The number of nitro benzene ring substituents is 1. The van der Waals surface area contributed by atoms with E-state index in [2.05, 4.69) is 15.9 Å². The molecule has 22 heavy (non-hydrogen) atoms. The van der Waals surface area contributed by atoms with Crippen molar-refractivity contribution in [3.8, 4) is 0 Å². The van der Waals surface area contributed by atoms with Crippen LogP contribution in [-0.4, -0.2) is 4.92 Å². The topological polar surface area (TPSA) is 43.1 Å². The number of nitrogens with zero attached hydrogens (tertiary/aromatic N) is 1. The summed E-state index contributed by atoms with van der Waals surface area (Å²) in [5, 5.41) is 11.6. The fourth-order valence-electron chi connectivity index (χ4n) is 1.75. The largest absolute Gasteiger partial charge is 0.416 e. The van der Waals surface area contributed by atoms with Crippen molar-refractivity contribution >= 4 is 33.4 Å². The Bertz CT molecular complexity index is 707. The van der Waals surface area contributed by atoms with Gasteiger partial charge < -0.3 is 0 Å². The van der Waals surface area contributed by atoms with E-state index >= 15 is 0 Å². The van der Waals surface area contributed by atoms with E-state index in [0.29, 0.717) is 11.4 Å². The highest BCUT2D eigenvalue weighted by Crippen LogP contribution is 2.40. The summed E-state index contributed by atoms with van der Waals surface area (Å²) in [6.07, 6.45) is -4.61. The van der Waals surface area contributed by atoms with Gasteiger partial charge in [0.05, 0.1) is 15.4 Å². The first kappa shape index (κ1) is 16.8. The minimum Gasteiger partial charge on any atom is -0.258 e. The molecule has 0 atom stereocenters.